The highest BCUT2D eigenvalue weighted by Crippen LogP contribution is 2.19. The molecule has 5 heteroatoms. The van der Waals surface area contributed by atoms with E-state index in [1.807, 2.05) is 53.4 Å². The fraction of sp³-hybridized carbons (Fsp3) is 0.190. The first-order chi connectivity index (χ1) is 12.7. The van der Waals surface area contributed by atoms with Crippen molar-refractivity contribution in [2.75, 3.05) is 6.54 Å². The van der Waals surface area contributed by atoms with Crippen LogP contribution in [-0.4, -0.2) is 21.7 Å². The average molecular weight is 366 g/mol. The zero-order valence-electron chi connectivity index (χ0n) is 14.5. The van der Waals surface area contributed by atoms with Crippen LogP contribution in [0.5, 0.6) is 5.75 Å². The van der Waals surface area contributed by atoms with Crippen LogP contribution in [0.1, 0.15) is 16.9 Å². The van der Waals surface area contributed by atoms with E-state index in [1.165, 1.54) is 5.56 Å². The second-order valence-corrected chi connectivity index (χ2v) is 6.42. The van der Waals surface area contributed by atoms with E-state index in [9.17, 15) is 5.11 Å². The third-order valence-electron chi connectivity index (χ3n) is 4.10. The number of nitrogens with one attached hydrogen (secondary N) is 1. The summed E-state index contributed by atoms with van der Waals surface area (Å²) in [5.74, 6) is 1.09. The van der Waals surface area contributed by atoms with Gasteiger partial charge in [0.15, 0.2) is 5.11 Å². The van der Waals surface area contributed by atoms with Gasteiger partial charge >= 0.3 is 0 Å². The number of benzene rings is 2. The van der Waals surface area contributed by atoms with Gasteiger partial charge in [0.1, 0.15) is 11.5 Å². The molecular weight excluding hydrogens is 344 g/mol. The summed E-state index contributed by atoms with van der Waals surface area (Å²) in [5, 5.41) is 14.0. The van der Waals surface area contributed by atoms with Crippen molar-refractivity contribution in [3.63, 3.8) is 0 Å². The minimum absolute atomic E-state index is 0.268. The molecule has 0 saturated carbocycles. The minimum atomic E-state index is 0.268. The summed E-state index contributed by atoms with van der Waals surface area (Å²) in [4.78, 5) is 1.99. The quantitative estimate of drug-likeness (QED) is 0.617. The van der Waals surface area contributed by atoms with Gasteiger partial charge in [0.2, 0.25) is 0 Å². The third kappa shape index (κ3) is 5.10. The molecule has 0 aliphatic rings. The Morgan fingerprint density at radius 3 is 2.46 bits per heavy atom. The lowest BCUT2D eigenvalue weighted by Crippen LogP contribution is -2.39. The van der Waals surface area contributed by atoms with Crippen molar-refractivity contribution in [2.24, 2.45) is 0 Å². The van der Waals surface area contributed by atoms with Crippen LogP contribution in [0, 0.1) is 0 Å². The fourth-order valence-corrected chi connectivity index (χ4v) is 2.94. The molecule has 134 valence electrons. The molecule has 3 rings (SSSR count). The Bertz CT molecular complexity index is 819. The highest BCUT2D eigenvalue weighted by atomic mass is 32.1. The maximum atomic E-state index is 10.1. The molecule has 0 radical (unpaired) electrons. The largest absolute Gasteiger partial charge is 0.508 e. The summed E-state index contributed by atoms with van der Waals surface area (Å²) < 4.78 is 5.46. The molecule has 0 bridgehead atoms. The molecule has 0 amide bonds. The van der Waals surface area contributed by atoms with Gasteiger partial charge < -0.3 is 19.7 Å². The monoisotopic (exact) mass is 366 g/mol. The predicted octanol–water partition coefficient (Wildman–Crippen LogP) is 4.10. The number of aromatic hydroxyl groups is 1. The second kappa shape index (κ2) is 9.06. The van der Waals surface area contributed by atoms with Gasteiger partial charge in [-0.05, 0) is 42.4 Å². The zero-order valence-corrected chi connectivity index (χ0v) is 15.3. The molecule has 0 atom stereocenters. The molecule has 4 nitrogen and oxygen atoms in total. The highest BCUT2D eigenvalue weighted by Gasteiger charge is 2.14. The van der Waals surface area contributed by atoms with Crippen molar-refractivity contribution in [1.82, 2.24) is 10.2 Å². The number of hydrogen-bond donors (Lipinski definition) is 2. The summed E-state index contributed by atoms with van der Waals surface area (Å²) >= 11 is 5.60. The van der Waals surface area contributed by atoms with Gasteiger partial charge in [0, 0.05) is 18.7 Å². The molecule has 2 aromatic carbocycles. The summed E-state index contributed by atoms with van der Waals surface area (Å²) in [6, 6.07) is 21.4. The maximum absolute atomic E-state index is 10.1. The molecule has 0 spiro atoms. The Kier molecular flexibility index (Phi) is 6.28. The molecule has 3 aromatic rings. The van der Waals surface area contributed by atoms with E-state index < -0.39 is 0 Å². The number of furan rings is 1. The van der Waals surface area contributed by atoms with Crippen LogP contribution >= 0.6 is 12.2 Å². The molecule has 0 fully saturated rings. The van der Waals surface area contributed by atoms with Crippen molar-refractivity contribution in [2.45, 2.75) is 19.5 Å². The topological polar surface area (TPSA) is 48.6 Å². The summed E-state index contributed by atoms with van der Waals surface area (Å²) in [7, 11) is 0. The van der Waals surface area contributed by atoms with Crippen molar-refractivity contribution < 1.29 is 9.52 Å². The molecule has 1 aromatic heterocycles. The van der Waals surface area contributed by atoms with Crippen LogP contribution in [0.25, 0.3) is 0 Å². The van der Waals surface area contributed by atoms with Crippen LogP contribution in [0.2, 0.25) is 0 Å². The van der Waals surface area contributed by atoms with Gasteiger partial charge in [-0.15, -0.1) is 0 Å². The van der Waals surface area contributed by atoms with Crippen molar-refractivity contribution in [1.29, 1.82) is 0 Å². The lowest BCUT2D eigenvalue weighted by atomic mass is 10.1. The predicted molar refractivity (Wildman–Crippen MR) is 107 cm³/mol. The molecule has 0 aliphatic carbocycles. The first-order valence-electron chi connectivity index (χ1n) is 8.58. The van der Waals surface area contributed by atoms with Gasteiger partial charge in [0.05, 0.1) is 12.8 Å². The highest BCUT2D eigenvalue weighted by molar-refractivity contribution is 7.80. The fourth-order valence-electron chi connectivity index (χ4n) is 2.71. The number of phenols is 1. The first-order valence-corrected chi connectivity index (χ1v) is 8.99. The van der Waals surface area contributed by atoms with E-state index in [4.69, 9.17) is 16.6 Å². The van der Waals surface area contributed by atoms with E-state index in [2.05, 4.69) is 17.4 Å². The van der Waals surface area contributed by atoms with Crippen molar-refractivity contribution in [3.8, 4) is 5.75 Å². The van der Waals surface area contributed by atoms with Gasteiger partial charge in [-0.3, -0.25) is 0 Å². The maximum Gasteiger partial charge on any atom is 0.169 e. The SMILES string of the molecule is Oc1ccccc1CN(Cc1ccco1)C(=S)NCCc1ccccc1. The lowest BCUT2D eigenvalue weighted by Gasteiger charge is -2.25. The van der Waals surface area contributed by atoms with Gasteiger partial charge in [0.25, 0.3) is 0 Å². The number of para-hydroxylation sites is 1. The van der Waals surface area contributed by atoms with Crippen molar-refractivity contribution in [3.05, 3.63) is 89.9 Å². The van der Waals surface area contributed by atoms with Crippen LogP contribution in [0.3, 0.4) is 0 Å². The van der Waals surface area contributed by atoms with Gasteiger partial charge in [-0.25, -0.2) is 0 Å². The molecule has 0 aliphatic heterocycles. The molecule has 0 saturated heterocycles. The Balaban J connectivity index is 1.64. The number of nitrogens with zero attached hydrogens (tertiary/aromatic N) is 1. The normalized spacial score (nSPS) is 10.5. The van der Waals surface area contributed by atoms with Crippen LogP contribution in [0.4, 0.5) is 0 Å². The summed E-state index contributed by atoms with van der Waals surface area (Å²) in [6.45, 7) is 1.79. The molecular formula is C21H22N2O2S. The number of rotatable bonds is 7. The molecule has 26 heavy (non-hydrogen) atoms. The van der Waals surface area contributed by atoms with Gasteiger partial charge in [-0.2, -0.15) is 0 Å². The van der Waals surface area contributed by atoms with Gasteiger partial charge in [-0.1, -0.05) is 48.5 Å². The smallest absolute Gasteiger partial charge is 0.169 e. The Hall–Kier alpha value is -2.79. The Morgan fingerprint density at radius 1 is 0.962 bits per heavy atom. The van der Waals surface area contributed by atoms with Crippen molar-refractivity contribution >= 4 is 17.3 Å². The number of thiocarbonyl (C=S) groups is 1. The zero-order chi connectivity index (χ0) is 18.2. The molecule has 1 heterocycles. The third-order valence-corrected chi connectivity index (χ3v) is 4.50. The number of phenolic OH excluding ortho intramolecular Hbond substituents is 1. The molecule has 0 unspecified atom stereocenters. The van der Waals surface area contributed by atoms with E-state index in [0.29, 0.717) is 18.2 Å². The molecule has 2 N–H and O–H groups in total. The Morgan fingerprint density at radius 2 is 1.73 bits per heavy atom. The first kappa shape index (κ1) is 18.0. The minimum Gasteiger partial charge on any atom is -0.508 e. The van der Waals surface area contributed by atoms with Crippen LogP contribution < -0.4 is 5.32 Å². The standard InChI is InChI=1S/C21H22N2O2S/c24-20-11-5-4-9-18(20)15-23(16-19-10-6-14-25-19)21(26)22-13-12-17-7-2-1-3-8-17/h1-11,14,24H,12-13,15-16H2,(H,22,26). The van der Waals surface area contributed by atoms with Crippen LogP contribution in [-0.2, 0) is 19.5 Å². The lowest BCUT2D eigenvalue weighted by molar-refractivity contribution is 0.345. The van der Waals surface area contributed by atoms with E-state index >= 15 is 0 Å². The van der Waals surface area contributed by atoms with Crippen LogP contribution in [0.15, 0.2) is 77.4 Å². The summed E-state index contributed by atoms with van der Waals surface area (Å²) in [5.41, 5.74) is 2.09. The average Bonchev–Trinajstić information content (AvgIpc) is 3.17. The van der Waals surface area contributed by atoms with E-state index in [1.54, 1.807) is 12.3 Å². The second-order valence-electron chi connectivity index (χ2n) is 6.03. The number of hydrogen-bond acceptors (Lipinski definition) is 3. The van der Waals surface area contributed by atoms with E-state index in [0.717, 1.165) is 24.3 Å². The van der Waals surface area contributed by atoms with E-state index in [-0.39, 0.29) is 5.75 Å². The Labute approximate surface area is 159 Å². The summed E-state index contributed by atoms with van der Waals surface area (Å²) in [6.07, 6.45) is 2.55.